The maximum absolute atomic E-state index is 12.0. The molecule has 0 fully saturated rings. The van der Waals surface area contributed by atoms with Gasteiger partial charge in [0.25, 0.3) is 5.91 Å². The van der Waals surface area contributed by atoms with E-state index in [0.717, 1.165) is 27.3 Å². The van der Waals surface area contributed by atoms with Gasteiger partial charge in [0.05, 0.1) is 16.8 Å². The zero-order chi connectivity index (χ0) is 23.4. The number of hydrogen-bond donors (Lipinski definition) is 2. The van der Waals surface area contributed by atoms with Gasteiger partial charge in [-0.25, -0.2) is 4.98 Å². The Morgan fingerprint density at radius 1 is 1.06 bits per heavy atom. The molecular weight excluding hydrogens is 436 g/mol. The van der Waals surface area contributed by atoms with Crippen LogP contribution in [0, 0.1) is 13.8 Å². The van der Waals surface area contributed by atoms with Gasteiger partial charge in [0.2, 0.25) is 11.8 Å². The van der Waals surface area contributed by atoms with Gasteiger partial charge in [0, 0.05) is 37.5 Å². The third-order valence-electron chi connectivity index (χ3n) is 4.93. The number of nitrogens with zero attached hydrogens (tertiary/aromatic N) is 4. The summed E-state index contributed by atoms with van der Waals surface area (Å²) in [5.74, 6) is 1.09. The molecule has 168 valence electrons. The van der Waals surface area contributed by atoms with Crippen molar-refractivity contribution in [2.75, 3.05) is 11.8 Å². The summed E-state index contributed by atoms with van der Waals surface area (Å²) < 4.78 is 11.0. The average molecular weight is 461 g/mol. The van der Waals surface area contributed by atoms with Gasteiger partial charge in [-0.15, -0.1) is 0 Å². The number of carbonyl (C=O) groups excluding carboxylic acids is 1. The molecule has 4 aromatic rings. The summed E-state index contributed by atoms with van der Waals surface area (Å²) in [5.41, 5.74) is 4.48. The van der Waals surface area contributed by atoms with Crippen molar-refractivity contribution < 1.29 is 9.53 Å². The van der Waals surface area contributed by atoms with Gasteiger partial charge in [0.1, 0.15) is 5.75 Å². The normalized spacial score (nSPS) is 10.7. The van der Waals surface area contributed by atoms with Crippen LogP contribution in [0.15, 0.2) is 65.8 Å². The second-order valence-corrected chi connectivity index (χ2v) is 8.32. The van der Waals surface area contributed by atoms with E-state index in [1.165, 1.54) is 11.9 Å². The van der Waals surface area contributed by atoms with Crippen LogP contribution in [-0.2, 0) is 7.05 Å². The van der Waals surface area contributed by atoms with E-state index in [9.17, 15) is 4.79 Å². The van der Waals surface area contributed by atoms with E-state index in [2.05, 4.69) is 46.1 Å². The highest BCUT2D eigenvalue weighted by molar-refractivity contribution is 8.00. The van der Waals surface area contributed by atoms with Crippen molar-refractivity contribution in [2.45, 2.75) is 18.7 Å². The van der Waals surface area contributed by atoms with Crippen molar-refractivity contribution in [2.24, 2.45) is 7.05 Å². The number of amides is 1. The van der Waals surface area contributed by atoms with Crippen LogP contribution in [0.3, 0.4) is 0 Å². The number of rotatable bonds is 7. The summed E-state index contributed by atoms with van der Waals surface area (Å²) in [6.45, 7) is 4.10. The van der Waals surface area contributed by atoms with Gasteiger partial charge < -0.3 is 10.1 Å². The van der Waals surface area contributed by atoms with Crippen molar-refractivity contribution in [3.05, 3.63) is 77.6 Å². The Morgan fingerprint density at radius 2 is 1.82 bits per heavy atom. The van der Waals surface area contributed by atoms with Gasteiger partial charge in [0.15, 0.2) is 0 Å². The number of aromatic nitrogens is 4. The van der Waals surface area contributed by atoms with E-state index in [1.807, 2.05) is 25.4 Å². The summed E-state index contributed by atoms with van der Waals surface area (Å²) in [5, 5.41) is 6.80. The highest BCUT2D eigenvalue weighted by atomic mass is 32.2. The minimum atomic E-state index is -0.186. The molecular formula is C24H24N6O2S. The summed E-state index contributed by atoms with van der Waals surface area (Å²) in [6.07, 6.45) is 3.66. The molecule has 8 nitrogen and oxygen atoms in total. The zero-order valence-electron chi connectivity index (χ0n) is 18.8. The van der Waals surface area contributed by atoms with Crippen molar-refractivity contribution >= 4 is 23.8 Å². The van der Waals surface area contributed by atoms with E-state index in [0.29, 0.717) is 23.1 Å². The van der Waals surface area contributed by atoms with Crippen LogP contribution in [0.5, 0.6) is 11.6 Å². The summed E-state index contributed by atoms with van der Waals surface area (Å²) in [7, 11) is 3.45. The van der Waals surface area contributed by atoms with E-state index < -0.39 is 0 Å². The Morgan fingerprint density at radius 3 is 2.52 bits per heavy atom. The number of anilines is 1. The van der Waals surface area contributed by atoms with E-state index in [-0.39, 0.29) is 5.91 Å². The molecule has 0 aliphatic carbocycles. The lowest BCUT2D eigenvalue weighted by atomic mass is 10.00. The topological polar surface area (TPSA) is 94.0 Å². The van der Waals surface area contributed by atoms with Crippen LogP contribution < -0.4 is 14.8 Å². The molecule has 2 heterocycles. The Balaban J connectivity index is 1.70. The maximum Gasteiger partial charge on any atom is 0.251 e. The first kappa shape index (κ1) is 22.3. The number of nitrogens with one attached hydrogen (secondary N) is 2. The number of ether oxygens (including phenoxy) is 1. The number of benzene rings is 2. The molecule has 0 saturated heterocycles. The molecule has 0 unspecified atom stereocenters. The Bertz CT molecular complexity index is 1280. The predicted molar refractivity (Wildman–Crippen MR) is 130 cm³/mol. The molecule has 0 bridgehead atoms. The van der Waals surface area contributed by atoms with Crippen molar-refractivity contribution in [1.29, 1.82) is 0 Å². The fraction of sp³-hybridized carbons (Fsp3) is 0.167. The van der Waals surface area contributed by atoms with Crippen LogP contribution >= 0.6 is 11.9 Å². The van der Waals surface area contributed by atoms with Crippen LogP contribution in [0.25, 0.3) is 11.3 Å². The fourth-order valence-electron chi connectivity index (χ4n) is 3.39. The largest absolute Gasteiger partial charge is 0.439 e. The fourth-order valence-corrected chi connectivity index (χ4v) is 4.00. The second kappa shape index (κ2) is 9.74. The lowest BCUT2D eigenvalue weighted by molar-refractivity contribution is 0.0962. The summed E-state index contributed by atoms with van der Waals surface area (Å²) in [6, 6.07) is 14.9. The third-order valence-corrected chi connectivity index (χ3v) is 5.66. The van der Waals surface area contributed by atoms with Gasteiger partial charge in [-0.1, -0.05) is 24.3 Å². The SMILES string of the molecule is CNC(=O)c1cccc(Oc2cc(-c3c(C)cccc3C)nc(NSc3cnn(C)c3)n2)c1. The monoisotopic (exact) mass is 460 g/mol. The van der Waals surface area contributed by atoms with Crippen LogP contribution in [-0.4, -0.2) is 32.7 Å². The standard InChI is InChI=1S/C24H24N6O2S/c1-15-7-5-8-16(2)22(15)20-12-21(32-18-10-6-9-17(11-18)23(31)25-3)28-24(27-20)29-33-19-13-26-30(4)14-19/h5-14H,1-4H3,(H,25,31)(H,27,28,29). The molecule has 4 rings (SSSR count). The summed E-state index contributed by atoms with van der Waals surface area (Å²) >= 11 is 1.36. The number of aryl methyl sites for hydroxylation is 3. The first-order chi connectivity index (χ1) is 15.9. The van der Waals surface area contributed by atoms with Gasteiger partial charge in [-0.2, -0.15) is 10.1 Å². The van der Waals surface area contributed by atoms with Gasteiger partial charge in [-0.05, 0) is 55.1 Å². The molecule has 2 aromatic carbocycles. The molecule has 1 amide bonds. The number of carbonyl (C=O) groups is 1. The molecule has 9 heteroatoms. The minimum Gasteiger partial charge on any atom is -0.439 e. The maximum atomic E-state index is 12.0. The first-order valence-electron chi connectivity index (χ1n) is 10.3. The third kappa shape index (κ3) is 5.32. The van der Waals surface area contributed by atoms with Crippen molar-refractivity contribution in [1.82, 2.24) is 25.1 Å². The Kier molecular flexibility index (Phi) is 6.60. The van der Waals surface area contributed by atoms with Crippen molar-refractivity contribution in [3.8, 4) is 22.9 Å². The molecule has 0 saturated carbocycles. The van der Waals surface area contributed by atoms with E-state index >= 15 is 0 Å². The van der Waals surface area contributed by atoms with Crippen LogP contribution in [0.2, 0.25) is 0 Å². The zero-order valence-corrected chi connectivity index (χ0v) is 19.6. The molecule has 33 heavy (non-hydrogen) atoms. The molecule has 2 aromatic heterocycles. The minimum absolute atomic E-state index is 0.186. The summed E-state index contributed by atoms with van der Waals surface area (Å²) in [4.78, 5) is 22.2. The predicted octanol–water partition coefficient (Wildman–Crippen LogP) is 4.77. The first-order valence-corrected chi connectivity index (χ1v) is 11.1. The van der Waals surface area contributed by atoms with Gasteiger partial charge >= 0.3 is 0 Å². The van der Waals surface area contributed by atoms with Crippen LogP contribution in [0.1, 0.15) is 21.5 Å². The van der Waals surface area contributed by atoms with Crippen molar-refractivity contribution in [3.63, 3.8) is 0 Å². The quantitative estimate of drug-likeness (QED) is 0.384. The Labute approximate surface area is 196 Å². The molecule has 0 radical (unpaired) electrons. The lowest BCUT2D eigenvalue weighted by Gasteiger charge is -2.13. The molecule has 0 aliphatic rings. The second-order valence-electron chi connectivity index (χ2n) is 7.44. The molecule has 2 N–H and O–H groups in total. The van der Waals surface area contributed by atoms with Crippen LogP contribution in [0.4, 0.5) is 5.95 Å². The average Bonchev–Trinajstić information content (AvgIpc) is 3.22. The smallest absolute Gasteiger partial charge is 0.251 e. The molecule has 0 atom stereocenters. The Hall–Kier alpha value is -3.85. The lowest BCUT2D eigenvalue weighted by Crippen LogP contribution is -2.17. The highest BCUT2D eigenvalue weighted by Gasteiger charge is 2.14. The highest BCUT2D eigenvalue weighted by Crippen LogP contribution is 2.31. The number of hydrogen-bond acceptors (Lipinski definition) is 7. The molecule has 0 spiro atoms. The van der Waals surface area contributed by atoms with E-state index in [1.54, 1.807) is 42.2 Å². The van der Waals surface area contributed by atoms with Gasteiger partial charge in [-0.3, -0.25) is 14.2 Å². The molecule has 0 aliphatic heterocycles. The van der Waals surface area contributed by atoms with E-state index in [4.69, 9.17) is 9.72 Å².